The first kappa shape index (κ1) is 14.5. The molecule has 0 spiro atoms. The van der Waals surface area contributed by atoms with Crippen LogP contribution in [0, 0.1) is 0 Å². The van der Waals surface area contributed by atoms with E-state index in [2.05, 4.69) is 15.9 Å². The van der Waals surface area contributed by atoms with Gasteiger partial charge in [0.05, 0.1) is 10.7 Å². The van der Waals surface area contributed by atoms with Crippen molar-refractivity contribution in [1.82, 2.24) is 4.90 Å². The SMILES string of the molecule is ClCc1cccc(Cl)c1N1CCC(N2CCCCC2)C1. The van der Waals surface area contributed by atoms with E-state index >= 15 is 0 Å². The minimum absolute atomic E-state index is 0.529. The maximum atomic E-state index is 6.41. The second kappa shape index (κ2) is 6.55. The standard InChI is InChI=1S/C16H22Cl2N2/c17-11-13-5-4-6-15(18)16(13)20-10-7-14(12-20)19-8-2-1-3-9-19/h4-6,14H,1-3,7-12H2. The molecule has 110 valence electrons. The van der Waals surface area contributed by atoms with Gasteiger partial charge in [-0.05, 0) is 44.0 Å². The lowest BCUT2D eigenvalue weighted by molar-refractivity contribution is 0.175. The van der Waals surface area contributed by atoms with Crippen LogP contribution >= 0.6 is 23.2 Å². The average molecular weight is 313 g/mol. The summed E-state index contributed by atoms with van der Waals surface area (Å²) in [4.78, 5) is 5.10. The van der Waals surface area contributed by atoms with Crippen molar-refractivity contribution in [3.8, 4) is 0 Å². The number of piperidine rings is 1. The summed E-state index contributed by atoms with van der Waals surface area (Å²) < 4.78 is 0. The third kappa shape index (κ3) is 2.93. The Hall–Kier alpha value is -0.440. The molecule has 0 amide bonds. The highest BCUT2D eigenvalue weighted by atomic mass is 35.5. The number of anilines is 1. The summed E-state index contributed by atoms with van der Waals surface area (Å²) in [5, 5.41) is 0.836. The first-order valence-electron chi connectivity index (χ1n) is 7.62. The number of likely N-dealkylation sites (tertiary alicyclic amines) is 1. The first-order valence-corrected chi connectivity index (χ1v) is 8.53. The molecule has 0 saturated carbocycles. The molecule has 3 rings (SSSR count). The Morgan fingerprint density at radius 1 is 1.10 bits per heavy atom. The van der Waals surface area contributed by atoms with E-state index in [1.54, 1.807) is 0 Å². The molecule has 2 heterocycles. The molecule has 20 heavy (non-hydrogen) atoms. The van der Waals surface area contributed by atoms with Gasteiger partial charge in [0.1, 0.15) is 0 Å². The van der Waals surface area contributed by atoms with Crippen LogP contribution in [-0.4, -0.2) is 37.1 Å². The fourth-order valence-corrected chi connectivity index (χ4v) is 4.08. The Bertz CT molecular complexity index is 458. The van der Waals surface area contributed by atoms with Crippen LogP contribution < -0.4 is 4.90 Å². The van der Waals surface area contributed by atoms with E-state index in [4.69, 9.17) is 23.2 Å². The van der Waals surface area contributed by atoms with Crippen molar-refractivity contribution in [2.45, 2.75) is 37.6 Å². The Balaban J connectivity index is 1.73. The van der Waals surface area contributed by atoms with E-state index in [-0.39, 0.29) is 0 Å². The summed E-state index contributed by atoms with van der Waals surface area (Å²) in [6.07, 6.45) is 5.35. The van der Waals surface area contributed by atoms with Gasteiger partial charge in [0.2, 0.25) is 0 Å². The van der Waals surface area contributed by atoms with Crippen LogP contribution in [0.4, 0.5) is 5.69 Å². The molecule has 2 nitrogen and oxygen atoms in total. The molecular weight excluding hydrogens is 291 g/mol. The lowest BCUT2D eigenvalue weighted by Crippen LogP contribution is -2.41. The van der Waals surface area contributed by atoms with Gasteiger partial charge in [0, 0.05) is 25.0 Å². The van der Waals surface area contributed by atoms with Crippen LogP contribution in [-0.2, 0) is 5.88 Å². The fraction of sp³-hybridized carbons (Fsp3) is 0.625. The number of rotatable bonds is 3. The highest BCUT2D eigenvalue weighted by Gasteiger charge is 2.30. The minimum atomic E-state index is 0.529. The van der Waals surface area contributed by atoms with Crippen LogP contribution in [0.1, 0.15) is 31.2 Å². The van der Waals surface area contributed by atoms with Gasteiger partial charge in [-0.1, -0.05) is 30.2 Å². The van der Waals surface area contributed by atoms with Gasteiger partial charge in [-0.15, -0.1) is 11.6 Å². The van der Waals surface area contributed by atoms with Crippen molar-refractivity contribution in [3.05, 3.63) is 28.8 Å². The zero-order valence-electron chi connectivity index (χ0n) is 11.8. The molecule has 0 aromatic heterocycles. The number of hydrogen-bond donors (Lipinski definition) is 0. The second-order valence-electron chi connectivity index (χ2n) is 5.87. The van der Waals surface area contributed by atoms with Crippen LogP contribution in [0.3, 0.4) is 0 Å². The van der Waals surface area contributed by atoms with Crippen molar-refractivity contribution in [2.24, 2.45) is 0 Å². The molecule has 1 atom stereocenters. The molecule has 1 unspecified atom stereocenters. The largest absolute Gasteiger partial charge is 0.368 e. The van der Waals surface area contributed by atoms with Crippen LogP contribution in [0.5, 0.6) is 0 Å². The molecule has 0 N–H and O–H groups in total. The van der Waals surface area contributed by atoms with Crippen LogP contribution in [0.2, 0.25) is 5.02 Å². The molecule has 2 fully saturated rings. The molecule has 0 radical (unpaired) electrons. The molecule has 2 aliphatic rings. The van der Waals surface area contributed by atoms with E-state index in [0.717, 1.165) is 29.4 Å². The number of benzene rings is 1. The van der Waals surface area contributed by atoms with Crippen molar-refractivity contribution in [2.75, 3.05) is 31.1 Å². The Morgan fingerprint density at radius 3 is 2.65 bits per heavy atom. The zero-order valence-corrected chi connectivity index (χ0v) is 13.3. The summed E-state index contributed by atoms with van der Waals surface area (Å²) in [6, 6.07) is 6.74. The van der Waals surface area contributed by atoms with E-state index in [0.29, 0.717) is 11.9 Å². The Morgan fingerprint density at radius 2 is 1.90 bits per heavy atom. The normalized spacial score (nSPS) is 24.3. The first-order chi connectivity index (χ1) is 9.79. The highest BCUT2D eigenvalue weighted by Crippen LogP contribution is 2.34. The smallest absolute Gasteiger partial charge is 0.0642 e. The summed E-state index contributed by atoms with van der Waals surface area (Å²) in [6.45, 7) is 4.72. The monoisotopic (exact) mass is 312 g/mol. The van der Waals surface area contributed by atoms with Gasteiger partial charge in [0.15, 0.2) is 0 Å². The third-order valence-electron chi connectivity index (χ3n) is 4.60. The predicted octanol–water partition coefficient (Wildman–Crippen LogP) is 4.14. The topological polar surface area (TPSA) is 6.48 Å². The number of para-hydroxylation sites is 1. The lowest BCUT2D eigenvalue weighted by atomic mass is 10.1. The predicted molar refractivity (Wildman–Crippen MR) is 87.1 cm³/mol. The average Bonchev–Trinajstić information content (AvgIpc) is 2.97. The molecule has 1 aromatic rings. The minimum Gasteiger partial charge on any atom is -0.368 e. The van der Waals surface area contributed by atoms with Crippen LogP contribution in [0.15, 0.2) is 18.2 Å². The number of halogens is 2. The maximum Gasteiger partial charge on any atom is 0.0642 e. The second-order valence-corrected chi connectivity index (χ2v) is 6.54. The van der Waals surface area contributed by atoms with Gasteiger partial charge in [0.25, 0.3) is 0 Å². The number of hydrogen-bond acceptors (Lipinski definition) is 2. The summed E-state index contributed by atoms with van der Waals surface area (Å²) >= 11 is 12.5. The summed E-state index contributed by atoms with van der Waals surface area (Å²) in [5.74, 6) is 0.529. The van der Waals surface area contributed by atoms with Gasteiger partial charge in [-0.25, -0.2) is 0 Å². The zero-order chi connectivity index (χ0) is 13.9. The molecule has 2 saturated heterocycles. The van der Waals surface area contributed by atoms with Crippen molar-refractivity contribution in [3.63, 3.8) is 0 Å². The molecular formula is C16H22Cl2N2. The fourth-order valence-electron chi connectivity index (χ4n) is 3.55. The van der Waals surface area contributed by atoms with Gasteiger partial charge >= 0.3 is 0 Å². The van der Waals surface area contributed by atoms with Crippen molar-refractivity contribution >= 4 is 28.9 Å². The number of alkyl halides is 1. The molecule has 1 aromatic carbocycles. The van der Waals surface area contributed by atoms with Crippen molar-refractivity contribution < 1.29 is 0 Å². The van der Waals surface area contributed by atoms with Gasteiger partial charge < -0.3 is 4.90 Å². The highest BCUT2D eigenvalue weighted by molar-refractivity contribution is 6.33. The van der Waals surface area contributed by atoms with E-state index in [1.807, 2.05) is 12.1 Å². The Kier molecular flexibility index (Phi) is 4.75. The quantitative estimate of drug-likeness (QED) is 0.774. The maximum absolute atomic E-state index is 6.41. The molecule has 2 aliphatic heterocycles. The van der Waals surface area contributed by atoms with E-state index in [1.165, 1.54) is 38.8 Å². The van der Waals surface area contributed by atoms with E-state index in [9.17, 15) is 0 Å². The van der Waals surface area contributed by atoms with Gasteiger partial charge in [-0.2, -0.15) is 0 Å². The Labute approximate surface area is 131 Å². The summed E-state index contributed by atoms with van der Waals surface area (Å²) in [5.41, 5.74) is 2.31. The lowest BCUT2D eigenvalue weighted by Gasteiger charge is -2.32. The number of nitrogens with zero attached hydrogens (tertiary/aromatic N) is 2. The van der Waals surface area contributed by atoms with Crippen molar-refractivity contribution in [1.29, 1.82) is 0 Å². The summed E-state index contributed by atoms with van der Waals surface area (Å²) in [7, 11) is 0. The third-order valence-corrected chi connectivity index (χ3v) is 5.19. The van der Waals surface area contributed by atoms with E-state index < -0.39 is 0 Å². The van der Waals surface area contributed by atoms with Crippen LogP contribution in [0.25, 0.3) is 0 Å². The molecule has 0 aliphatic carbocycles. The van der Waals surface area contributed by atoms with Gasteiger partial charge in [-0.3, -0.25) is 4.90 Å². The molecule has 0 bridgehead atoms. The molecule has 4 heteroatoms.